The van der Waals surface area contributed by atoms with Crippen molar-refractivity contribution in [1.82, 2.24) is 0 Å². The topological polar surface area (TPSA) is 66.5 Å². The molecular formula is C14H21NO2. The highest BCUT2D eigenvalue weighted by Crippen LogP contribution is 2.49. The molecule has 0 spiro atoms. The van der Waals surface area contributed by atoms with Crippen molar-refractivity contribution in [2.75, 3.05) is 13.2 Å². The Morgan fingerprint density at radius 1 is 1.24 bits per heavy atom. The van der Waals surface area contributed by atoms with Crippen molar-refractivity contribution >= 4 is 0 Å². The van der Waals surface area contributed by atoms with Crippen LogP contribution >= 0.6 is 0 Å². The van der Waals surface area contributed by atoms with Crippen LogP contribution in [0.25, 0.3) is 0 Å². The molecule has 1 aliphatic carbocycles. The lowest BCUT2D eigenvalue weighted by Gasteiger charge is -2.36. The minimum atomic E-state index is -0.131. The van der Waals surface area contributed by atoms with Gasteiger partial charge in [-0.1, -0.05) is 31.0 Å². The molecule has 0 aliphatic heterocycles. The molecule has 17 heavy (non-hydrogen) atoms. The summed E-state index contributed by atoms with van der Waals surface area (Å²) >= 11 is 0. The van der Waals surface area contributed by atoms with E-state index in [4.69, 9.17) is 5.73 Å². The predicted octanol–water partition coefficient (Wildman–Crippen LogP) is 1.99. The number of rotatable bonds is 4. The van der Waals surface area contributed by atoms with E-state index in [2.05, 4.69) is 0 Å². The predicted molar refractivity (Wildman–Crippen MR) is 67.9 cm³/mol. The molecule has 3 heteroatoms. The molecule has 0 aromatic heterocycles. The van der Waals surface area contributed by atoms with Crippen molar-refractivity contribution in [2.45, 2.75) is 31.6 Å². The zero-order valence-electron chi connectivity index (χ0n) is 10.1. The van der Waals surface area contributed by atoms with Gasteiger partial charge < -0.3 is 15.9 Å². The third-order valence-corrected chi connectivity index (χ3v) is 4.20. The lowest BCUT2D eigenvalue weighted by atomic mass is 9.71. The molecule has 1 aromatic carbocycles. The minimum absolute atomic E-state index is 0.0520. The molecule has 4 N–H and O–H groups in total. The van der Waals surface area contributed by atoms with Gasteiger partial charge in [-0.05, 0) is 31.0 Å². The summed E-state index contributed by atoms with van der Waals surface area (Å²) in [5.74, 6) is 0.346. The smallest absolute Gasteiger partial charge is 0.119 e. The summed E-state index contributed by atoms with van der Waals surface area (Å²) in [6.07, 6.45) is 4.29. The number of phenols is 1. The van der Waals surface area contributed by atoms with E-state index < -0.39 is 0 Å². The fourth-order valence-corrected chi connectivity index (χ4v) is 3.18. The largest absolute Gasteiger partial charge is 0.508 e. The molecule has 94 valence electrons. The second-order valence-corrected chi connectivity index (χ2v) is 5.07. The van der Waals surface area contributed by atoms with Gasteiger partial charge in [0.1, 0.15) is 5.75 Å². The van der Waals surface area contributed by atoms with E-state index >= 15 is 0 Å². The number of para-hydroxylation sites is 1. The molecule has 0 heterocycles. The van der Waals surface area contributed by atoms with Crippen LogP contribution in [0.5, 0.6) is 5.75 Å². The van der Waals surface area contributed by atoms with Crippen molar-refractivity contribution < 1.29 is 10.2 Å². The number of nitrogens with two attached hydrogens (primary N) is 1. The van der Waals surface area contributed by atoms with Gasteiger partial charge in [0, 0.05) is 17.9 Å². The number of phenolic OH excluding ortho intramolecular Hbond substituents is 1. The number of aromatic hydroxyl groups is 1. The first-order valence-corrected chi connectivity index (χ1v) is 6.32. The SMILES string of the molecule is NCC(c1ccccc1O)C1(CO)CCCC1. The lowest BCUT2D eigenvalue weighted by molar-refractivity contribution is 0.102. The van der Waals surface area contributed by atoms with E-state index in [0.29, 0.717) is 12.3 Å². The van der Waals surface area contributed by atoms with Crippen LogP contribution in [-0.2, 0) is 0 Å². The molecule has 0 bridgehead atoms. The van der Waals surface area contributed by atoms with Crippen LogP contribution < -0.4 is 5.73 Å². The van der Waals surface area contributed by atoms with Gasteiger partial charge in [0.15, 0.2) is 0 Å². The molecule has 0 saturated heterocycles. The normalized spacial score (nSPS) is 20.4. The van der Waals surface area contributed by atoms with Gasteiger partial charge in [0.05, 0.1) is 0 Å². The second kappa shape index (κ2) is 5.07. The van der Waals surface area contributed by atoms with Gasteiger partial charge >= 0.3 is 0 Å². The Morgan fingerprint density at radius 3 is 2.41 bits per heavy atom. The minimum Gasteiger partial charge on any atom is -0.508 e. The van der Waals surface area contributed by atoms with Crippen molar-refractivity contribution in [3.05, 3.63) is 29.8 Å². The maximum Gasteiger partial charge on any atom is 0.119 e. The van der Waals surface area contributed by atoms with E-state index in [1.807, 2.05) is 18.2 Å². The quantitative estimate of drug-likeness (QED) is 0.747. The summed E-state index contributed by atoms with van der Waals surface area (Å²) in [6, 6.07) is 7.34. The van der Waals surface area contributed by atoms with Crippen molar-refractivity contribution in [2.24, 2.45) is 11.1 Å². The van der Waals surface area contributed by atoms with Crippen LogP contribution in [0.15, 0.2) is 24.3 Å². The standard InChI is InChI=1S/C14H21NO2/c15-9-12(11-5-1-2-6-13(11)17)14(10-16)7-3-4-8-14/h1-2,5-6,12,16-17H,3-4,7-10,15H2. The Bertz CT molecular complexity index is 372. The first-order chi connectivity index (χ1) is 8.23. The number of hydrogen-bond acceptors (Lipinski definition) is 3. The molecule has 1 atom stereocenters. The highest BCUT2D eigenvalue weighted by molar-refractivity contribution is 5.36. The van der Waals surface area contributed by atoms with Crippen molar-refractivity contribution in [3.8, 4) is 5.75 Å². The molecule has 1 unspecified atom stereocenters. The Labute approximate surface area is 102 Å². The average Bonchev–Trinajstić information content (AvgIpc) is 2.82. The monoisotopic (exact) mass is 235 g/mol. The van der Waals surface area contributed by atoms with Crippen LogP contribution in [0.2, 0.25) is 0 Å². The summed E-state index contributed by atoms with van der Waals surface area (Å²) in [5.41, 5.74) is 6.64. The third kappa shape index (κ3) is 2.17. The molecule has 1 saturated carbocycles. The molecule has 1 aromatic rings. The van der Waals surface area contributed by atoms with E-state index in [-0.39, 0.29) is 17.9 Å². The number of aliphatic hydroxyl groups is 1. The van der Waals surface area contributed by atoms with Crippen LogP contribution in [0, 0.1) is 5.41 Å². The molecule has 2 rings (SSSR count). The maximum absolute atomic E-state index is 9.95. The Balaban J connectivity index is 2.36. The van der Waals surface area contributed by atoms with E-state index in [9.17, 15) is 10.2 Å². The number of aliphatic hydroxyl groups excluding tert-OH is 1. The summed E-state index contributed by atoms with van der Waals surface area (Å²) in [5, 5.41) is 19.7. The summed E-state index contributed by atoms with van der Waals surface area (Å²) in [4.78, 5) is 0. The second-order valence-electron chi connectivity index (χ2n) is 5.07. The maximum atomic E-state index is 9.95. The Morgan fingerprint density at radius 2 is 1.88 bits per heavy atom. The van der Waals surface area contributed by atoms with E-state index in [0.717, 1.165) is 31.2 Å². The van der Waals surface area contributed by atoms with Gasteiger partial charge in [-0.25, -0.2) is 0 Å². The fraction of sp³-hybridized carbons (Fsp3) is 0.571. The van der Waals surface area contributed by atoms with Crippen LogP contribution in [0.3, 0.4) is 0 Å². The molecule has 1 aliphatic rings. The zero-order chi connectivity index (χ0) is 12.3. The fourth-order valence-electron chi connectivity index (χ4n) is 3.18. The van der Waals surface area contributed by atoms with E-state index in [1.165, 1.54) is 0 Å². The first-order valence-electron chi connectivity index (χ1n) is 6.32. The summed E-state index contributed by atoms with van der Waals surface area (Å²) < 4.78 is 0. The summed E-state index contributed by atoms with van der Waals surface area (Å²) in [6.45, 7) is 0.626. The third-order valence-electron chi connectivity index (χ3n) is 4.20. The molecule has 3 nitrogen and oxygen atoms in total. The van der Waals surface area contributed by atoms with Crippen LogP contribution in [0.4, 0.5) is 0 Å². The molecular weight excluding hydrogens is 214 g/mol. The Kier molecular flexibility index (Phi) is 3.69. The lowest BCUT2D eigenvalue weighted by Crippen LogP contribution is -2.34. The molecule has 0 radical (unpaired) electrons. The molecule has 0 amide bonds. The van der Waals surface area contributed by atoms with Gasteiger partial charge in [0.25, 0.3) is 0 Å². The number of benzene rings is 1. The zero-order valence-corrected chi connectivity index (χ0v) is 10.1. The Hall–Kier alpha value is -1.06. The van der Waals surface area contributed by atoms with Gasteiger partial charge in [0.2, 0.25) is 0 Å². The van der Waals surface area contributed by atoms with E-state index in [1.54, 1.807) is 6.07 Å². The van der Waals surface area contributed by atoms with Crippen molar-refractivity contribution in [3.63, 3.8) is 0 Å². The van der Waals surface area contributed by atoms with Gasteiger partial charge in [-0.15, -0.1) is 0 Å². The molecule has 1 fully saturated rings. The highest BCUT2D eigenvalue weighted by Gasteiger charge is 2.41. The van der Waals surface area contributed by atoms with Crippen LogP contribution in [-0.4, -0.2) is 23.4 Å². The number of hydrogen-bond donors (Lipinski definition) is 3. The van der Waals surface area contributed by atoms with Crippen molar-refractivity contribution in [1.29, 1.82) is 0 Å². The van der Waals surface area contributed by atoms with Gasteiger partial charge in [-0.3, -0.25) is 0 Å². The summed E-state index contributed by atoms with van der Waals surface area (Å²) in [7, 11) is 0. The average molecular weight is 235 g/mol. The highest BCUT2D eigenvalue weighted by atomic mass is 16.3. The van der Waals surface area contributed by atoms with Gasteiger partial charge in [-0.2, -0.15) is 0 Å². The van der Waals surface area contributed by atoms with Crippen LogP contribution in [0.1, 0.15) is 37.2 Å². The first kappa shape index (κ1) is 12.4.